The summed E-state index contributed by atoms with van der Waals surface area (Å²) in [6.07, 6.45) is 0.939. The number of amides is 1. The fourth-order valence-corrected chi connectivity index (χ4v) is 2.02. The van der Waals surface area contributed by atoms with Gasteiger partial charge in [-0.2, -0.15) is 0 Å². The Morgan fingerprint density at radius 1 is 1.29 bits per heavy atom. The van der Waals surface area contributed by atoms with E-state index in [4.69, 9.17) is 10.5 Å². The minimum Gasteiger partial charge on any atom is -0.494 e. The molecule has 0 aromatic heterocycles. The molecule has 0 saturated carbocycles. The van der Waals surface area contributed by atoms with Crippen LogP contribution in [0.5, 0.6) is 5.75 Å². The molecule has 4 nitrogen and oxygen atoms in total. The number of hydrogen-bond donors (Lipinski definition) is 2. The number of carbonyl (C=O) groups excluding carboxylic acids is 1. The van der Waals surface area contributed by atoms with Gasteiger partial charge < -0.3 is 15.8 Å². The lowest BCUT2D eigenvalue weighted by atomic mass is 10.2. The van der Waals surface area contributed by atoms with Gasteiger partial charge in [-0.15, -0.1) is 0 Å². The van der Waals surface area contributed by atoms with Crippen LogP contribution >= 0.6 is 15.9 Å². The van der Waals surface area contributed by atoms with Gasteiger partial charge in [0.25, 0.3) is 5.91 Å². The molecule has 0 bridgehead atoms. The average Bonchev–Trinajstić information content (AvgIpc) is 2.48. The van der Waals surface area contributed by atoms with Crippen molar-refractivity contribution in [3.8, 4) is 5.75 Å². The number of nitrogens with two attached hydrogens (primary N) is 1. The highest BCUT2D eigenvalue weighted by Gasteiger charge is 2.08. The molecule has 3 N–H and O–H groups in total. The van der Waals surface area contributed by atoms with E-state index in [0.29, 0.717) is 23.5 Å². The Kier molecular flexibility index (Phi) is 5.22. The van der Waals surface area contributed by atoms with Gasteiger partial charge in [0.15, 0.2) is 0 Å². The molecule has 0 unspecified atom stereocenters. The van der Waals surface area contributed by atoms with E-state index >= 15 is 0 Å². The first-order chi connectivity index (χ1) is 10.1. The number of anilines is 2. The van der Waals surface area contributed by atoms with E-state index in [1.807, 2.05) is 25.1 Å². The van der Waals surface area contributed by atoms with Crippen LogP contribution in [0.3, 0.4) is 0 Å². The third kappa shape index (κ3) is 4.23. The minimum atomic E-state index is -0.207. The highest BCUT2D eigenvalue weighted by molar-refractivity contribution is 9.10. The van der Waals surface area contributed by atoms with Gasteiger partial charge in [0, 0.05) is 27.5 Å². The lowest BCUT2D eigenvalue weighted by Crippen LogP contribution is -2.12. The Bertz CT molecular complexity index is 644. The molecular formula is C16H17BrN2O2. The monoisotopic (exact) mass is 348 g/mol. The van der Waals surface area contributed by atoms with Gasteiger partial charge >= 0.3 is 0 Å². The summed E-state index contributed by atoms with van der Waals surface area (Å²) in [7, 11) is 0. The average molecular weight is 349 g/mol. The molecule has 0 aliphatic rings. The van der Waals surface area contributed by atoms with Gasteiger partial charge in [-0.1, -0.05) is 13.0 Å². The third-order valence-corrected chi connectivity index (χ3v) is 3.55. The number of benzene rings is 2. The molecule has 0 fully saturated rings. The smallest absolute Gasteiger partial charge is 0.255 e. The Labute approximate surface area is 132 Å². The maximum absolute atomic E-state index is 12.2. The van der Waals surface area contributed by atoms with Gasteiger partial charge in [-0.25, -0.2) is 0 Å². The van der Waals surface area contributed by atoms with Gasteiger partial charge in [0.05, 0.1) is 6.61 Å². The Morgan fingerprint density at radius 2 is 2.10 bits per heavy atom. The largest absolute Gasteiger partial charge is 0.494 e. The molecule has 0 aliphatic heterocycles. The fourth-order valence-electron chi connectivity index (χ4n) is 1.77. The van der Waals surface area contributed by atoms with Crippen molar-refractivity contribution in [2.75, 3.05) is 17.7 Å². The van der Waals surface area contributed by atoms with Crippen LogP contribution in [0.4, 0.5) is 11.4 Å². The molecule has 110 valence electrons. The molecule has 2 aromatic rings. The second-order valence-electron chi connectivity index (χ2n) is 4.57. The standard InChI is InChI=1S/C16H17BrN2O2/c1-2-8-21-13-5-3-4-12(10-13)19-16(20)11-6-7-14(17)15(18)9-11/h3-7,9-10H,2,8,18H2,1H3,(H,19,20). The minimum absolute atomic E-state index is 0.207. The zero-order valence-corrected chi connectivity index (χ0v) is 13.3. The van der Waals surface area contributed by atoms with Crippen LogP contribution in [0, 0.1) is 0 Å². The van der Waals surface area contributed by atoms with Crippen molar-refractivity contribution >= 4 is 33.2 Å². The summed E-state index contributed by atoms with van der Waals surface area (Å²) in [6, 6.07) is 12.4. The molecular weight excluding hydrogens is 332 g/mol. The normalized spacial score (nSPS) is 10.2. The van der Waals surface area contributed by atoms with E-state index in [1.54, 1.807) is 24.3 Å². The number of ether oxygens (including phenoxy) is 1. The molecule has 0 spiro atoms. The van der Waals surface area contributed by atoms with Crippen molar-refractivity contribution in [3.63, 3.8) is 0 Å². The molecule has 1 amide bonds. The first-order valence-corrected chi connectivity index (χ1v) is 7.48. The first kappa shape index (κ1) is 15.4. The number of halogens is 1. The van der Waals surface area contributed by atoms with E-state index in [1.165, 1.54) is 0 Å². The molecule has 2 aromatic carbocycles. The maximum atomic E-state index is 12.2. The van der Waals surface area contributed by atoms with Crippen LogP contribution in [-0.2, 0) is 0 Å². The molecule has 21 heavy (non-hydrogen) atoms. The van der Waals surface area contributed by atoms with Crippen LogP contribution in [-0.4, -0.2) is 12.5 Å². The van der Waals surface area contributed by atoms with Crippen molar-refractivity contribution in [1.29, 1.82) is 0 Å². The third-order valence-electron chi connectivity index (χ3n) is 2.82. The number of nitrogens with one attached hydrogen (secondary N) is 1. The molecule has 0 saturated heterocycles. The molecule has 0 heterocycles. The van der Waals surface area contributed by atoms with Gasteiger partial charge in [0.2, 0.25) is 0 Å². The zero-order valence-electron chi connectivity index (χ0n) is 11.7. The summed E-state index contributed by atoms with van der Waals surface area (Å²) in [5, 5.41) is 2.83. The van der Waals surface area contributed by atoms with E-state index < -0.39 is 0 Å². The molecule has 0 aliphatic carbocycles. The van der Waals surface area contributed by atoms with Crippen molar-refractivity contribution in [1.82, 2.24) is 0 Å². The predicted octanol–water partition coefficient (Wildman–Crippen LogP) is 4.07. The van der Waals surface area contributed by atoms with Gasteiger partial charge in [-0.3, -0.25) is 4.79 Å². The topological polar surface area (TPSA) is 64.3 Å². The van der Waals surface area contributed by atoms with Crippen molar-refractivity contribution < 1.29 is 9.53 Å². The molecule has 0 radical (unpaired) electrons. The highest BCUT2D eigenvalue weighted by atomic mass is 79.9. The number of hydrogen-bond acceptors (Lipinski definition) is 3. The molecule has 5 heteroatoms. The van der Waals surface area contributed by atoms with Crippen molar-refractivity contribution in [2.45, 2.75) is 13.3 Å². The Hall–Kier alpha value is -2.01. The van der Waals surface area contributed by atoms with Crippen LogP contribution in [0.25, 0.3) is 0 Å². The second kappa shape index (κ2) is 7.13. The first-order valence-electron chi connectivity index (χ1n) is 6.69. The maximum Gasteiger partial charge on any atom is 0.255 e. The highest BCUT2D eigenvalue weighted by Crippen LogP contribution is 2.22. The summed E-state index contributed by atoms with van der Waals surface area (Å²) in [4.78, 5) is 12.2. The second-order valence-corrected chi connectivity index (χ2v) is 5.42. The lowest BCUT2D eigenvalue weighted by Gasteiger charge is -2.09. The summed E-state index contributed by atoms with van der Waals surface area (Å²) in [5.74, 6) is 0.534. The van der Waals surface area contributed by atoms with E-state index in [2.05, 4.69) is 21.2 Å². The Balaban J connectivity index is 2.10. The van der Waals surface area contributed by atoms with Crippen molar-refractivity contribution in [3.05, 3.63) is 52.5 Å². The summed E-state index contributed by atoms with van der Waals surface area (Å²) in [5.41, 5.74) is 7.51. The van der Waals surface area contributed by atoms with Gasteiger partial charge in [-0.05, 0) is 52.7 Å². The summed E-state index contributed by atoms with van der Waals surface area (Å²) >= 11 is 3.31. The lowest BCUT2D eigenvalue weighted by molar-refractivity contribution is 0.102. The Morgan fingerprint density at radius 3 is 2.81 bits per heavy atom. The predicted molar refractivity (Wildman–Crippen MR) is 88.7 cm³/mol. The van der Waals surface area contributed by atoms with Crippen LogP contribution < -0.4 is 15.8 Å². The number of rotatable bonds is 5. The zero-order chi connectivity index (χ0) is 15.2. The summed E-state index contributed by atoms with van der Waals surface area (Å²) in [6.45, 7) is 2.70. The summed E-state index contributed by atoms with van der Waals surface area (Å²) < 4.78 is 6.31. The number of nitrogen functional groups attached to an aromatic ring is 1. The van der Waals surface area contributed by atoms with Crippen LogP contribution in [0.1, 0.15) is 23.7 Å². The number of carbonyl (C=O) groups is 1. The van der Waals surface area contributed by atoms with Crippen LogP contribution in [0.2, 0.25) is 0 Å². The van der Waals surface area contributed by atoms with E-state index in [0.717, 1.165) is 16.6 Å². The van der Waals surface area contributed by atoms with E-state index in [9.17, 15) is 4.79 Å². The van der Waals surface area contributed by atoms with Crippen molar-refractivity contribution in [2.24, 2.45) is 0 Å². The van der Waals surface area contributed by atoms with Gasteiger partial charge in [0.1, 0.15) is 5.75 Å². The fraction of sp³-hybridized carbons (Fsp3) is 0.188. The molecule has 2 rings (SSSR count). The quantitative estimate of drug-likeness (QED) is 0.800. The SMILES string of the molecule is CCCOc1cccc(NC(=O)c2ccc(Br)c(N)c2)c1. The molecule has 0 atom stereocenters. The van der Waals surface area contributed by atoms with E-state index in [-0.39, 0.29) is 5.91 Å². The van der Waals surface area contributed by atoms with Crippen LogP contribution in [0.15, 0.2) is 46.9 Å².